The Labute approximate surface area is 204 Å². The molecule has 0 aliphatic carbocycles. The Kier molecular flexibility index (Phi) is 6.45. The van der Waals surface area contributed by atoms with E-state index in [9.17, 15) is 24.3 Å². The molecule has 0 unspecified atom stereocenters. The molecular formula is C26H21FN2O7. The highest BCUT2D eigenvalue weighted by molar-refractivity contribution is 5.95. The van der Waals surface area contributed by atoms with Gasteiger partial charge in [-0.05, 0) is 24.3 Å². The number of rotatable bonds is 5. The summed E-state index contributed by atoms with van der Waals surface area (Å²) in [6.07, 6.45) is 4.88. The van der Waals surface area contributed by atoms with E-state index in [1.807, 2.05) is 0 Å². The lowest BCUT2D eigenvalue weighted by Crippen LogP contribution is -2.51. The Morgan fingerprint density at radius 2 is 1.67 bits per heavy atom. The highest BCUT2D eigenvalue weighted by atomic mass is 19.2. The van der Waals surface area contributed by atoms with E-state index in [-0.39, 0.29) is 11.1 Å². The highest BCUT2D eigenvalue weighted by Gasteiger charge is 2.66. The Morgan fingerprint density at radius 3 is 2.22 bits per heavy atom. The summed E-state index contributed by atoms with van der Waals surface area (Å²) >= 11 is 0. The molecule has 1 saturated heterocycles. The van der Waals surface area contributed by atoms with Gasteiger partial charge in [0.1, 0.15) is 6.61 Å². The summed E-state index contributed by atoms with van der Waals surface area (Å²) in [4.78, 5) is 51.8. The summed E-state index contributed by atoms with van der Waals surface area (Å²) < 4.78 is 27.7. The maximum absolute atomic E-state index is 15.6. The number of nitrogens with zero attached hydrogens (tertiary/aromatic N) is 2. The highest BCUT2D eigenvalue weighted by Crippen LogP contribution is 2.51. The van der Waals surface area contributed by atoms with Gasteiger partial charge in [0.05, 0.1) is 11.5 Å². The van der Waals surface area contributed by atoms with E-state index in [4.69, 9.17) is 15.9 Å². The normalized spacial score (nSPS) is 25.2. The largest absolute Gasteiger partial charge is 0.437 e. The van der Waals surface area contributed by atoms with Crippen LogP contribution < -0.4 is 11.2 Å². The second kappa shape index (κ2) is 9.37. The fraction of sp³-hybridized carbons (Fsp3) is 0.231. The van der Waals surface area contributed by atoms with Gasteiger partial charge in [0.2, 0.25) is 11.5 Å². The quantitative estimate of drug-likeness (QED) is 0.426. The van der Waals surface area contributed by atoms with Crippen molar-refractivity contribution in [1.82, 2.24) is 9.13 Å². The standard InChI is InChI=1S/C26H21FN2O7/c1-3-25(35-22(33)19-12-8-5-9-13-19)17(2)26(27,16-30)36-23(25)28-15-14-20(31)29(24(28)34)21(32)18-10-6-4-7-11-18/h1,4-15,17,23,30H,16H2,2H3/t17-,23+,25+,26+/m0/s1. The average Bonchev–Trinajstić information content (AvgIpc) is 3.12. The van der Waals surface area contributed by atoms with Gasteiger partial charge in [-0.3, -0.25) is 14.2 Å². The monoisotopic (exact) mass is 492 g/mol. The number of alkyl halides is 1. The minimum absolute atomic E-state index is 0.0454. The molecule has 36 heavy (non-hydrogen) atoms. The molecule has 1 aliphatic rings. The summed E-state index contributed by atoms with van der Waals surface area (Å²) in [5, 5.41) is 9.74. The molecule has 0 radical (unpaired) electrons. The summed E-state index contributed by atoms with van der Waals surface area (Å²) in [6.45, 7) is 0.0822. The molecule has 2 aromatic carbocycles. The van der Waals surface area contributed by atoms with E-state index in [1.54, 1.807) is 36.4 Å². The number of aliphatic hydroxyl groups excluding tert-OH is 1. The molecule has 0 amide bonds. The van der Waals surface area contributed by atoms with Crippen molar-refractivity contribution in [2.75, 3.05) is 6.61 Å². The molecule has 4 atom stereocenters. The van der Waals surface area contributed by atoms with Crippen molar-refractivity contribution in [1.29, 1.82) is 0 Å². The number of aliphatic hydroxyl groups is 1. The van der Waals surface area contributed by atoms with Crippen LogP contribution in [0.5, 0.6) is 0 Å². The molecule has 9 nitrogen and oxygen atoms in total. The molecule has 1 N–H and O–H groups in total. The number of hydrogen-bond acceptors (Lipinski definition) is 7. The molecule has 0 saturated carbocycles. The minimum Gasteiger partial charge on any atom is -0.437 e. The third-order valence-corrected chi connectivity index (χ3v) is 6.16. The maximum Gasteiger partial charge on any atom is 0.340 e. The van der Waals surface area contributed by atoms with Gasteiger partial charge in [0.15, 0.2) is 6.23 Å². The Hall–Kier alpha value is -4.33. The van der Waals surface area contributed by atoms with E-state index in [1.165, 1.54) is 31.2 Å². The van der Waals surface area contributed by atoms with Crippen LogP contribution in [0.25, 0.3) is 0 Å². The van der Waals surface area contributed by atoms with Crippen LogP contribution >= 0.6 is 0 Å². The van der Waals surface area contributed by atoms with Gasteiger partial charge in [-0.25, -0.2) is 14.0 Å². The first-order chi connectivity index (χ1) is 17.2. The average molecular weight is 492 g/mol. The van der Waals surface area contributed by atoms with Crippen molar-refractivity contribution >= 4 is 11.9 Å². The number of esters is 1. The molecule has 10 heteroatoms. The SMILES string of the molecule is C#C[C@]1(OC(=O)c2ccccc2)[C@H](n2ccc(=O)n(C(=O)c3ccccc3)c2=O)O[C@](F)(CO)[C@H]1C. The van der Waals surface area contributed by atoms with Gasteiger partial charge in [0, 0.05) is 17.8 Å². The third-order valence-electron chi connectivity index (χ3n) is 6.16. The second-order valence-corrected chi connectivity index (χ2v) is 8.18. The second-order valence-electron chi connectivity index (χ2n) is 8.18. The van der Waals surface area contributed by atoms with Gasteiger partial charge in [-0.15, -0.1) is 6.42 Å². The number of halogens is 1. The Balaban J connectivity index is 1.87. The molecule has 1 aromatic heterocycles. The molecule has 1 fully saturated rings. The van der Waals surface area contributed by atoms with E-state index in [0.29, 0.717) is 9.13 Å². The summed E-state index contributed by atoms with van der Waals surface area (Å²) in [6, 6.07) is 16.2. The van der Waals surface area contributed by atoms with Crippen LogP contribution in [0.15, 0.2) is 82.5 Å². The molecule has 2 heterocycles. The zero-order valence-electron chi connectivity index (χ0n) is 19.0. The van der Waals surface area contributed by atoms with Gasteiger partial charge >= 0.3 is 11.7 Å². The van der Waals surface area contributed by atoms with Gasteiger partial charge in [-0.2, -0.15) is 4.57 Å². The Bertz CT molecular complexity index is 1460. The molecule has 184 valence electrons. The van der Waals surface area contributed by atoms with Crippen LogP contribution in [0, 0.1) is 18.3 Å². The fourth-order valence-electron chi connectivity index (χ4n) is 4.07. The van der Waals surface area contributed by atoms with Crippen LogP contribution in [0.2, 0.25) is 0 Å². The Morgan fingerprint density at radius 1 is 1.08 bits per heavy atom. The van der Waals surface area contributed by atoms with E-state index >= 15 is 4.39 Å². The smallest absolute Gasteiger partial charge is 0.340 e. The van der Waals surface area contributed by atoms with Crippen LogP contribution in [0.4, 0.5) is 4.39 Å². The lowest BCUT2D eigenvalue weighted by Gasteiger charge is -2.32. The summed E-state index contributed by atoms with van der Waals surface area (Å²) in [5.41, 5.74) is -4.26. The van der Waals surface area contributed by atoms with Crippen LogP contribution in [0.1, 0.15) is 33.9 Å². The van der Waals surface area contributed by atoms with Crippen LogP contribution in [-0.4, -0.2) is 44.2 Å². The molecule has 3 aromatic rings. The fourth-order valence-corrected chi connectivity index (χ4v) is 4.07. The topological polar surface area (TPSA) is 117 Å². The van der Waals surface area contributed by atoms with E-state index in [2.05, 4.69) is 5.92 Å². The minimum atomic E-state index is -2.82. The van der Waals surface area contributed by atoms with Gasteiger partial charge in [-0.1, -0.05) is 49.2 Å². The van der Waals surface area contributed by atoms with E-state index < -0.39 is 53.3 Å². The summed E-state index contributed by atoms with van der Waals surface area (Å²) in [5.74, 6) is -3.92. The molecule has 1 aliphatic heterocycles. The maximum atomic E-state index is 15.6. The number of carbonyl (C=O) groups is 2. The number of ether oxygens (including phenoxy) is 2. The molecular weight excluding hydrogens is 471 g/mol. The molecule has 0 bridgehead atoms. The zero-order valence-corrected chi connectivity index (χ0v) is 19.0. The van der Waals surface area contributed by atoms with Gasteiger partial charge in [0.25, 0.3) is 11.5 Å². The molecule has 0 spiro atoms. The van der Waals surface area contributed by atoms with Crippen LogP contribution in [-0.2, 0) is 9.47 Å². The van der Waals surface area contributed by atoms with Crippen LogP contribution in [0.3, 0.4) is 0 Å². The number of carbonyl (C=O) groups excluding carboxylic acids is 2. The first-order valence-corrected chi connectivity index (χ1v) is 10.9. The van der Waals surface area contributed by atoms with Gasteiger partial charge < -0.3 is 14.6 Å². The summed E-state index contributed by atoms with van der Waals surface area (Å²) in [7, 11) is 0. The van der Waals surface area contributed by atoms with Crippen molar-refractivity contribution in [3.63, 3.8) is 0 Å². The van der Waals surface area contributed by atoms with Crippen molar-refractivity contribution in [2.24, 2.45) is 5.92 Å². The van der Waals surface area contributed by atoms with E-state index in [0.717, 1.165) is 12.3 Å². The molecule has 4 rings (SSSR count). The van der Waals surface area contributed by atoms with Crippen molar-refractivity contribution in [3.8, 4) is 12.3 Å². The first kappa shape index (κ1) is 24.8. The third kappa shape index (κ3) is 3.94. The number of terminal acetylenes is 1. The predicted molar refractivity (Wildman–Crippen MR) is 125 cm³/mol. The van der Waals surface area contributed by atoms with Crippen molar-refractivity contribution in [3.05, 3.63) is 105 Å². The predicted octanol–water partition coefficient (Wildman–Crippen LogP) is 1.75. The van der Waals surface area contributed by atoms with Crippen molar-refractivity contribution in [2.45, 2.75) is 24.6 Å². The zero-order chi connectivity index (χ0) is 26.1. The number of aromatic nitrogens is 2. The number of hydrogen-bond donors (Lipinski definition) is 1. The first-order valence-electron chi connectivity index (χ1n) is 10.9. The van der Waals surface area contributed by atoms with Crippen molar-refractivity contribution < 1.29 is 28.6 Å². The lowest BCUT2D eigenvalue weighted by molar-refractivity contribution is -0.193. The lowest BCUT2D eigenvalue weighted by atomic mass is 9.85. The number of benzene rings is 2.